The summed E-state index contributed by atoms with van der Waals surface area (Å²) in [5, 5.41) is 4.75. The first kappa shape index (κ1) is 15.8. The van der Waals surface area contributed by atoms with Crippen molar-refractivity contribution < 1.29 is 17.2 Å². The minimum Gasteiger partial charge on any atom is -0.358 e. The molecular formula is C13H11ClF2N4O2S. The quantitative estimate of drug-likeness (QED) is 0.733. The Hall–Kier alpha value is -2.13. The SMILES string of the molecule is O=S(=O)(Nc1cccc2c(Cl)c[nH]c12)c1cnn(CC(F)F)c1. The van der Waals surface area contributed by atoms with Gasteiger partial charge in [-0.2, -0.15) is 5.10 Å². The van der Waals surface area contributed by atoms with Gasteiger partial charge < -0.3 is 4.98 Å². The molecule has 2 N–H and O–H groups in total. The van der Waals surface area contributed by atoms with Crippen LogP contribution in [0.1, 0.15) is 0 Å². The molecule has 0 bridgehead atoms. The molecule has 0 saturated carbocycles. The van der Waals surface area contributed by atoms with Crippen LogP contribution in [0.15, 0.2) is 41.7 Å². The zero-order chi connectivity index (χ0) is 16.6. The van der Waals surface area contributed by atoms with E-state index in [9.17, 15) is 17.2 Å². The van der Waals surface area contributed by atoms with Crippen molar-refractivity contribution in [2.75, 3.05) is 4.72 Å². The highest BCUT2D eigenvalue weighted by Crippen LogP contribution is 2.29. The monoisotopic (exact) mass is 360 g/mol. The van der Waals surface area contributed by atoms with Crippen LogP contribution < -0.4 is 4.72 Å². The van der Waals surface area contributed by atoms with Crippen LogP contribution in [0.4, 0.5) is 14.5 Å². The number of nitrogens with one attached hydrogen (secondary N) is 2. The second-order valence-electron chi connectivity index (χ2n) is 4.76. The first-order chi connectivity index (χ1) is 10.9. The smallest absolute Gasteiger partial charge is 0.265 e. The van der Waals surface area contributed by atoms with E-state index >= 15 is 0 Å². The molecule has 1 aromatic carbocycles. The Balaban J connectivity index is 1.92. The highest BCUT2D eigenvalue weighted by Gasteiger charge is 2.19. The van der Waals surface area contributed by atoms with Crippen LogP contribution in [0.3, 0.4) is 0 Å². The van der Waals surface area contributed by atoms with Gasteiger partial charge in [-0.25, -0.2) is 17.2 Å². The number of H-pyrrole nitrogens is 1. The molecule has 2 aromatic heterocycles. The van der Waals surface area contributed by atoms with E-state index in [1.54, 1.807) is 24.4 Å². The van der Waals surface area contributed by atoms with E-state index in [0.717, 1.165) is 17.1 Å². The fourth-order valence-electron chi connectivity index (χ4n) is 2.13. The number of hydrogen-bond donors (Lipinski definition) is 2. The maximum absolute atomic E-state index is 12.4. The molecular weight excluding hydrogens is 350 g/mol. The molecule has 23 heavy (non-hydrogen) atoms. The Morgan fingerprint density at radius 1 is 1.39 bits per heavy atom. The second-order valence-corrected chi connectivity index (χ2v) is 6.85. The predicted octanol–water partition coefficient (Wildman–Crippen LogP) is 3.08. The van der Waals surface area contributed by atoms with Crippen LogP contribution in [0.5, 0.6) is 0 Å². The molecule has 0 aliphatic carbocycles. The van der Waals surface area contributed by atoms with Crippen LogP contribution in [0.25, 0.3) is 10.9 Å². The zero-order valence-electron chi connectivity index (χ0n) is 11.5. The van der Waals surface area contributed by atoms with Crippen molar-refractivity contribution in [3.05, 3.63) is 41.8 Å². The van der Waals surface area contributed by atoms with Gasteiger partial charge in [0.15, 0.2) is 0 Å². The summed E-state index contributed by atoms with van der Waals surface area (Å²) in [6, 6.07) is 4.96. The molecule has 0 aliphatic rings. The molecule has 0 fully saturated rings. The lowest BCUT2D eigenvalue weighted by Gasteiger charge is -2.07. The fourth-order valence-corrected chi connectivity index (χ4v) is 3.37. The van der Waals surface area contributed by atoms with Gasteiger partial charge in [-0.15, -0.1) is 0 Å². The summed E-state index contributed by atoms with van der Waals surface area (Å²) < 4.78 is 52.6. The number of fused-ring (bicyclic) bond motifs is 1. The number of aromatic amines is 1. The maximum Gasteiger partial charge on any atom is 0.265 e. The standard InChI is InChI=1S/C13H11ClF2N4O2S/c14-10-5-17-13-9(10)2-1-3-11(13)19-23(21,22)8-4-18-20(6-8)7-12(15)16/h1-6,12,17,19H,7H2. The number of alkyl halides is 2. The molecule has 0 atom stereocenters. The molecule has 0 aliphatic heterocycles. The number of sulfonamides is 1. The summed E-state index contributed by atoms with van der Waals surface area (Å²) in [4.78, 5) is 2.68. The van der Waals surface area contributed by atoms with Gasteiger partial charge in [0.2, 0.25) is 0 Å². The second kappa shape index (κ2) is 5.82. The number of hydrogen-bond acceptors (Lipinski definition) is 3. The summed E-state index contributed by atoms with van der Waals surface area (Å²) in [7, 11) is -3.95. The maximum atomic E-state index is 12.4. The van der Waals surface area contributed by atoms with E-state index in [4.69, 9.17) is 11.6 Å². The third-order valence-corrected chi connectivity index (χ3v) is 4.79. The third-order valence-electron chi connectivity index (χ3n) is 3.15. The zero-order valence-corrected chi connectivity index (χ0v) is 13.1. The van der Waals surface area contributed by atoms with Crippen LogP contribution >= 0.6 is 11.6 Å². The Morgan fingerprint density at radius 3 is 2.91 bits per heavy atom. The number of anilines is 1. The van der Waals surface area contributed by atoms with Gasteiger partial charge in [-0.3, -0.25) is 9.40 Å². The average Bonchev–Trinajstić information content (AvgIpc) is 3.07. The number of halogens is 3. The first-order valence-corrected chi connectivity index (χ1v) is 8.32. The van der Waals surface area contributed by atoms with Crippen molar-refractivity contribution in [2.45, 2.75) is 17.9 Å². The Kier molecular flexibility index (Phi) is 3.99. The summed E-state index contributed by atoms with van der Waals surface area (Å²) in [5.74, 6) is 0. The van der Waals surface area contributed by atoms with Gasteiger partial charge in [0.05, 0.1) is 22.4 Å². The number of aromatic nitrogens is 3. The highest BCUT2D eigenvalue weighted by molar-refractivity contribution is 7.92. The summed E-state index contributed by atoms with van der Waals surface area (Å²) in [5.41, 5.74) is 0.831. The van der Waals surface area contributed by atoms with Crippen LogP contribution in [-0.2, 0) is 16.6 Å². The van der Waals surface area contributed by atoms with Crippen LogP contribution in [0.2, 0.25) is 5.02 Å². The summed E-state index contributed by atoms with van der Waals surface area (Å²) >= 11 is 5.99. The molecule has 0 spiro atoms. The van der Waals surface area contributed by atoms with Gasteiger partial charge in [0.1, 0.15) is 11.4 Å². The van der Waals surface area contributed by atoms with Gasteiger partial charge >= 0.3 is 0 Å². The Bertz CT molecular complexity index is 952. The molecule has 122 valence electrons. The molecule has 6 nitrogen and oxygen atoms in total. The van der Waals surface area contributed by atoms with Crippen molar-refractivity contribution in [2.24, 2.45) is 0 Å². The van der Waals surface area contributed by atoms with Crippen molar-refractivity contribution in [1.29, 1.82) is 0 Å². The molecule has 2 heterocycles. The summed E-state index contributed by atoms with van der Waals surface area (Å²) in [6.07, 6.45) is 1.00. The molecule has 0 unspecified atom stereocenters. The fraction of sp³-hybridized carbons (Fsp3) is 0.154. The summed E-state index contributed by atoms with van der Waals surface area (Å²) in [6.45, 7) is -0.669. The number of para-hydroxylation sites is 1. The van der Waals surface area contributed by atoms with E-state index < -0.39 is 23.0 Å². The van der Waals surface area contributed by atoms with E-state index in [1.165, 1.54) is 0 Å². The van der Waals surface area contributed by atoms with Crippen molar-refractivity contribution in [3.63, 3.8) is 0 Å². The Labute approximate surface area is 135 Å². The molecule has 3 rings (SSSR count). The van der Waals surface area contributed by atoms with Gasteiger partial charge in [-0.1, -0.05) is 23.7 Å². The van der Waals surface area contributed by atoms with Crippen molar-refractivity contribution >= 4 is 38.2 Å². The minimum absolute atomic E-state index is 0.201. The minimum atomic E-state index is -3.95. The molecule has 0 radical (unpaired) electrons. The topological polar surface area (TPSA) is 79.8 Å². The van der Waals surface area contributed by atoms with E-state index in [2.05, 4.69) is 14.8 Å². The van der Waals surface area contributed by atoms with Gasteiger partial charge in [0, 0.05) is 17.8 Å². The van der Waals surface area contributed by atoms with Gasteiger partial charge in [-0.05, 0) is 6.07 Å². The van der Waals surface area contributed by atoms with E-state index in [1.807, 2.05) is 0 Å². The predicted molar refractivity (Wildman–Crippen MR) is 82.3 cm³/mol. The van der Waals surface area contributed by atoms with Crippen molar-refractivity contribution in [3.8, 4) is 0 Å². The van der Waals surface area contributed by atoms with Crippen LogP contribution in [0, 0.1) is 0 Å². The molecule has 10 heteroatoms. The molecule has 0 saturated heterocycles. The highest BCUT2D eigenvalue weighted by atomic mass is 35.5. The number of nitrogens with zero attached hydrogens (tertiary/aromatic N) is 2. The lowest BCUT2D eigenvalue weighted by atomic mass is 10.2. The average molecular weight is 361 g/mol. The van der Waals surface area contributed by atoms with Crippen molar-refractivity contribution in [1.82, 2.24) is 14.8 Å². The first-order valence-electron chi connectivity index (χ1n) is 6.46. The third kappa shape index (κ3) is 3.15. The molecule has 3 aromatic rings. The number of benzene rings is 1. The van der Waals surface area contributed by atoms with Crippen LogP contribution in [-0.4, -0.2) is 29.6 Å². The Morgan fingerprint density at radius 2 is 2.17 bits per heavy atom. The van der Waals surface area contributed by atoms with E-state index in [-0.39, 0.29) is 4.90 Å². The largest absolute Gasteiger partial charge is 0.358 e. The number of rotatable bonds is 5. The molecule has 0 amide bonds. The lowest BCUT2D eigenvalue weighted by molar-refractivity contribution is 0.121. The lowest BCUT2D eigenvalue weighted by Crippen LogP contribution is -2.13. The van der Waals surface area contributed by atoms with Gasteiger partial charge in [0.25, 0.3) is 16.4 Å². The van der Waals surface area contributed by atoms with E-state index in [0.29, 0.717) is 21.6 Å². The normalized spacial score (nSPS) is 12.2.